The molecule has 134 valence electrons. The second-order valence-corrected chi connectivity index (χ2v) is 7.84. The van der Waals surface area contributed by atoms with Crippen molar-refractivity contribution in [3.05, 3.63) is 23.8 Å². The van der Waals surface area contributed by atoms with Crippen LogP contribution in [0.4, 0.5) is 0 Å². The van der Waals surface area contributed by atoms with Crippen molar-refractivity contribution < 1.29 is 19.4 Å². The highest BCUT2D eigenvalue weighted by molar-refractivity contribution is 5.89. The molecule has 2 fully saturated rings. The minimum Gasteiger partial charge on any atom is -0.459 e. The number of rotatable bonds is 3. The number of aliphatic hydroxyl groups excluding tert-OH is 1. The lowest BCUT2D eigenvalue weighted by Crippen LogP contribution is -2.57. The smallest absolute Gasteiger partial charge is 0.333 e. The number of Topliss-reactive ketones (excluding diaryl/α,β-unsaturated/α-hetero) is 1. The molecule has 1 N–H and O–H groups in total. The molecule has 4 nitrogen and oxygen atoms in total. The minimum absolute atomic E-state index is 0.0756. The predicted octanol–water partition coefficient (Wildman–Crippen LogP) is 3.44. The van der Waals surface area contributed by atoms with Crippen LogP contribution in [0.5, 0.6) is 0 Å². The van der Waals surface area contributed by atoms with E-state index in [0.717, 1.165) is 5.57 Å². The summed E-state index contributed by atoms with van der Waals surface area (Å²) >= 11 is 0. The average Bonchev–Trinajstić information content (AvgIpc) is 2.54. The first-order valence-corrected chi connectivity index (χ1v) is 8.84. The summed E-state index contributed by atoms with van der Waals surface area (Å²) in [7, 11) is 0. The van der Waals surface area contributed by atoms with E-state index in [0.29, 0.717) is 24.8 Å². The van der Waals surface area contributed by atoms with Crippen LogP contribution in [-0.4, -0.2) is 29.1 Å². The molecular weight excluding hydrogens is 304 g/mol. The van der Waals surface area contributed by atoms with Crippen LogP contribution in [0.15, 0.2) is 23.8 Å². The summed E-state index contributed by atoms with van der Waals surface area (Å²) in [6.07, 6.45) is 2.68. The Kier molecular flexibility index (Phi) is 5.38. The molecule has 0 aliphatic heterocycles. The number of allylic oxidation sites excluding steroid dienone is 2. The Morgan fingerprint density at radius 1 is 1.38 bits per heavy atom. The molecule has 0 amide bonds. The molecule has 0 bridgehead atoms. The first-order chi connectivity index (χ1) is 11.1. The van der Waals surface area contributed by atoms with Crippen LogP contribution in [0, 0.1) is 23.2 Å². The van der Waals surface area contributed by atoms with E-state index in [-0.39, 0.29) is 41.0 Å². The number of hydrogen-bond donors (Lipinski definition) is 1. The van der Waals surface area contributed by atoms with Crippen molar-refractivity contribution in [2.75, 3.05) is 0 Å². The first-order valence-electron chi connectivity index (χ1n) is 8.84. The Morgan fingerprint density at radius 3 is 2.54 bits per heavy atom. The van der Waals surface area contributed by atoms with Gasteiger partial charge in [0.2, 0.25) is 0 Å². The number of carbonyl (C=O) groups is 2. The maximum atomic E-state index is 12.5. The van der Waals surface area contributed by atoms with Gasteiger partial charge in [0.1, 0.15) is 12.2 Å². The van der Waals surface area contributed by atoms with Gasteiger partial charge in [0.05, 0.1) is 0 Å². The summed E-state index contributed by atoms with van der Waals surface area (Å²) in [6.45, 7) is 13.5. The van der Waals surface area contributed by atoms with Crippen molar-refractivity contribution in [3.63, 3.8) is 0 Å². The fraction of sp³-hybridized carbons (Fsp3) is 0.700. The molecule has 0 aromatic carbocycles. The lowest BCUT2D eigenvalue weighted by molar-refractivity contribution is -0.173. The summed E-state index contributed by atoms with van der Waals surface area (Å²) in [6, 6.07) is 0. The summed E-state index contributed by atoms with van der Waals surface area (Å²) in [5.41, 5.74) is 1.16. The van der Waals surface area contributed by atoms with Gasteiger partial charge >= 0.3 is 5.97 Å². The van der Waals surface area contributed by atoms with E-state index in [1.165, 1.54) is 0 Å². The van der Waals surface area contributed by atoms with Gasteiger partial charge in [0.15, 0.2) is 5.78 Å². The molecule has 0 aromatic rings. The van der Waals surface area contributed by atoms with Gasteiger partial charge in [-0.2, -0.15) is 0 Å². The molecule has 0 heterocycles. The zero-order valence-electron chi connectivity index (χ0n) is 15.5. The molecule has 2 aliphatic carbocycles. The van der Waals surface area contributed by atoms with Crippen LogP contribution in [0.1, 0.15) is 53.9 Å². The molecule has 0 saturated heterocycles. The van der Waals surface area contributed by atoms with E-state index >= 15 is 0 Å². The molecule has 4 heteroatoms. The largest absolute Gasteiger partial charge is 0.459 e. The molecule has 0 aromatic heterocycles. The standard InChI is InChI=1S/C20H30O4/c1-7-12(4)19(23)24-16-9-8-15-18(22)17(21)14(11(2)3)10-20(15,6)13(16)5/h7,13-16,18,22H,2,8-10H2,1,3-6H3/b12-7+/t13-,14+,15+,16+,18-,20+/m0/s1. The van der Waals surface area contributed by atoms with Gasteiger partial charge in [-0.3, -0.25) is 4.79 Å². The third-order valence-corrected chi connectivity index (χ3v) is 6.48. The van der Waals surface area contributed by atoms with Crippen LogP contribution in [0.25, 0.3) is 0 Å². The number of aliphatic hydroxyl groups is 1. The minimum atomic E-state index is -0.943. The molecule has 6 atom stereocenters. The Hall–Kier alpha value is -1.42. The second-order valence-electron chi connectivity index (χ2n) is 7.84. The Labute approximate surface area is 145 Å². The highest BCUT2D eigenvalue weighted by Gasteiger charge is 2.56. The van der Waals surface area contributed by atoms with E-state index in [1.54, 1.807) is 13.0 Å². The zero-order chi connectivity index (χ0) is 18.2. The summed E-state index contributed by atoms with van der Waals surface area (Å²) in [5, 5.41) is 10.6. The SMILES string of the molecule is C=C(C)[C@H]1C[C@@]2(C)[C@H](CC[C@@H](OC(=O)/C(C)=C/C)[C@@H]2C)[C@H](O)C1=O. The van der Waals surface area contributed by atoms with E-state index in [9.17, 15) is 14.7 Å². The zero-order valence-corrected chi connectivity index (χ0v) is 15.5. The second kappa shape index (κ2) is 6.83. The number of esters is 1. The fourth-order valence-corrected chi connectivity index (χ4v) is 4.41. The number of carbonyl (C=O) groups excluding carboxylic acids is 2. The molecular formula is C20H30O4. The molecule has 2 aliphatic rings. The summed E-state index contributed by atoms with van der Waals surface area (Å²) < 4.78 is 5.73. The van der Waals surface area contributed by atoms with Gasteiger partial charge in [-0.15, -0.1) is 0 Å². The normalized spacial score (nSPS) is 40.0. The quantitative estimate of drug-likeness (QED) is 0.488. The fourth-order valence-electron chi connectivity index (χ4n) is 4.41. The van der Waals surface area contributed by atoms with Gasteiger partial charge in [-0.25, -0.2) is 4.79 Å². The van der Waals surface area contributed by atoms with Crippen LogP contribution < -0.4 is 0 Å². The maximum absolute atomic E-state index is 12.5. The Bertz CT molecular complexity index is 576. The van der Waals surface area contributed by atoms with Crippen LogP contribution >= 0.6 is 0 Å². The molecule has 0 radical (unpaired) electrons. The highest BCUT2D eigenvalue weighted by atomic mass is 16.5. The van der Waals surface area contributed by atoms with Gasteiger partial charge in [-0.1, -0.05) is 32.1 Å². The maximum Gasteiger partial charge on any atom is 0.333 e. The van der Waals surface area contributed by atoms with Crippen molar-refractivity contribution >= 4 is 11.8 Å². The van der Waals surface area contributed by atoms with Crippen molar-refractivity contribution in [2.24, 2.45) is 23.2 Å². The lowest BCUT2D eigenvalue weighted by Gasteiger charge is -2.55. The number of fused-ring (bicyclic) bond motifs is 1. The molecule has 2 saturated carbocycles. The van der Waals surface area contributed by atoms with Crippen LogP contribution in [0.3, 0.4) is 0 Å². The number of hydrogen-bond acceptors (Lipinski definition) is 4. The Balaban J connectivity index is 2.25. The monoisotopic (exact) mass is 334 g/mol. The van der Waals surface area contributed by atoms with Crippen LogP contribution in [0.2, 0.25) is 0 Å². The van der Waals surface area contributed by atoms with Gasteiger partial charge < -0.3 is 9.84 Å². The van der Waals surface area contributed by atoms with Crippen molar-refractivity contribution in [2.45, 2.75) is 66.1 Å². The van der Waals surface area contributed by atoms with E-state index in [1.807, 2.05) is 13.8 Å². The van der Waals surface area contributed by atoms with E-state index < -0.39 is 6.10 Å². The molecule has 2 rings (SSSR count). The van der Waals surface area contributed by atoms with Crippen molar-refractivity contribution in [1.29, 1.82) is 0 Å². The Morgan fingerprint density at radius 2 is 2.00 bits per heavy atom. The van der Waals surface area contributed by atoms with Gasteiger partial charge in [0, 0.05) is 11.5 Å². The number of ether oxygens (including phenoxy) is 1. The number of ketones is 1. The topological polar surface area (TPSA) is 63.6 Å². The van der Waals surface area contributed by atoms with Gasteiger partial charge in [-0.05, 0) is 57.3 Å². The van der Waals surface area contributed by atoms with E-state index in [4.69, 9.17) is 4.74 Å². The molecule has 0 unspecified atom stereocenters. The first kappa shape index (κ1) is 18.9. The van der Waals surface area contributed by atoms with Gasteiger partial charge in [0.25, 0.3) is 0 Å². The van der Waals surface area contributed by atoms with E-state index in [2.05, 4.69) is 20.4 Å². The highest BCUT2D eigenvalue weighted by Crippen LogP contribution is 2.55. The third kappa shape index (κ3) is 3.08. The summed E-state index contributed by atoms with van der Waals surface area (Å²) in [4.78, 5) is 24.6. The molecule has 0 spiro atoms. The van der Waals surface area contributed by atoms with Crippen molar-refractivity contribution in [3.8, 4) is 0 Å². The van der Waals surface area contributed by atoms with Crippen molar-refractivity contribution in [1.82, 2.24) is 0 Å². The van der Waals surface area contributed by atoms with Crippen LogP contribution in [-0.2, 0) is 14.3 Å². The molecule has 24 heavy (non-hydrogen) atoms. The lowest BCUT2D eigenvalue weighted by atomic mass is 9.51. The third-order valence-electron chi connectivity index (χ3n) is 6.48. The predicted molar refractivity (Wildman–Crippen MR) is 93.2 cm³/mol. The summed E-state index contributed by atoms with van der Waals surface area (Å²) in [5.74, 6) is -0.684. The average molecular weight is 334 g/mol.